The van der Waals surface area contributed by atoms with Crippen molar-refractivity contribution in [1.82, 2.24) is 4.57 Å². The van der Waals surface area contributed by atoms with E-state index in [4.69, 9.17) is 0 Å². The molecular weight excluding hydrogens is 206 g/mol. The zero-order valence-electron chi connectivity index (χ0n) is 12.4. The third-order valence-electron chi connectivity index (χ3n) is 2.58. The molecule has 0 N–H and O–H groups in total. The molecule has 0 saturated heterocycles. The van der Waals surface area contributed by atoms with Crippen molar-refractivity contribution in [3.8, 4) is 0 Å². The molecule has 1 heteroatoms. The van der Waals surface area contributed by atoms with Gasteiger partial charge in [-0.05, 0) is 35.1 Å². The quantitative estimate of drug-likeness (QED) is 0.625. The van der Waals surface area contributed by atoms with Crippen LogP contribution in [0.5, 0.6) is 0 Å². The van der Waals surface area contributed by atoms with Crippen LogP contribution in [0.4, 0.5) is 0 Å². The Hall–Kier alpha value is -1.24. The van der Waals surface area contributed by atoms with Gasteiger partial charge >= 0.3 is 0 Å². The van der Waals surface area contributed by atoms with Crippen LogP contribution in [0.15, 0.2) is 30.5 Å². The number of hydrogen-bond acceptors (Lipinski definition) is 0. The summed E-state index contributed by atoms with van der Waals surface area (Å²) >= 11 is 0. The SMILES string of the molecule is CC.CC.CC(C)c1ccc2c(ccn2C)c1. The predicted octanol–water partition coefficient (Wildman–Crippen LogP) is 5.35. The number of aromatic nitrogens is 1. The summed E-state index contributed by atoms with van der Waals surface area (Å²) in [5.41, 5.74) is 2.73. The fraction of sp³-hybridized carbons (Fsp3) is 0.500. The van der Waals surface area contributed by atoms with Crippen molar-refractivity contribution in [3.05, 3.63) is 36.0 Å². The predicted molar refractivity (Wildman–Crippen MR) is 79.7 cm³/mol. The van der Waals surface area contributed by atoms with E-state index in [1.807, 2.05) is 27.7 Å². The lowest BCUT2D eigenvalue weighted by atomic mass is 10.0. The van der Waals surface area contributed by atoms with Crippen LogP contribution in [0.3, 0.4) is 0 Å². The van der Waals surface area contributed by atoms with Crippen molar-refractivity contribution in [2.24, 2.45) is 7.05 Å². The number of nitrogens with zero attached hydrogens (tertiary/aromatic N) is 1. The van der Waals surface area contributed by atoms with E-state index in [0.717, 1.165) is 0 Å². The maximum absolute atomic E-state index is 2.28. The molecular formula is C16H27N. The monoisotopic (exact) mass is 233 g/mol. The molecule has 0 fully saturated rings. The molecule has 1 nitrogen and oxygen atoms in total. The van der Waals surface area contributed by atoms with Crippen molar-refractivity contribution in [1.29, 1.82) is 0 Å². The molecule has 0 aliphatic heterocycles. The second kappa shape index (κ2) is 7.94. The van der Waals surface area contributed by atoms with Crippen LogP contribution in [0, 0.1) is 0 Å². The highest BCUT2D eigenvalue weighted by molar-refractivity contribution is 5.80. The third-order valence-corrected chi connectivity index (χ3v) is 2.58. The van der Waals surface area contributed by atoms with Gasteiger partial charge in [-0.2, -0.15) is 0 Å². The van der Waals surface area contributed by atoms with Gasteiger partial charge in [0.15, 0.2) is 0 Å². The first-order valence-electron chi connectivity index (χ1n) is 6.73. The van der Waals surface area contributed by atoms with E-state index in [0.29, 0.717) is 5.92 Å². The van der Waals surface area contributed by atoms with Crippen LogP contribution < -0.4 is 0 Å². The zero-order chi connectivity index (χ0) is 13.4. The average molecular weight is 233 g/mol. The van der Waals surface area contributed by atoms with Gasteiger partial charge in [-0.3, -0.25) is 0 Å². The molecule has 1 aromatic heterocycles. The summed E-state index contributed by atoms with van der Waals surface area (Å²) in [4.78, 5) is 0. The first-order valence-corrected chi connectivity index (χ1v) is 6.73. The van der Waals surface area contributed by atoms with Gasteiger partial charge in [-0.15, -0.1) is 0 Å². The Morgan fingerprint density at radius 1 is 0.941 bits per heavy atom. The third kappa shape index (κ3) is 3.92. The van der Waals surface area contributed by atoms with Crippen molar-refractivity contribution < 1.29 is 0 Å². The smallest absolute Gasteiger partial charge is 0.0477 e. The topological polar surface area (TPSA) is 4.93 Å². The van der Waals surface area contributed by atoms with Crippen LogP contribution in [0.1, 0.15) is 53.0 Å². The van der Waals surface area contributed by atoms with Crippen LogP contribution in [0.25, 0.3) is 10.9 Å². The Kier molecular flexibility index (Phi) is 7.36. The highest BCUT2D eigenvalue weighted by Gasteiger charge is 2.01. The molecule has 2 rings (SSSR count). The molecule has 2 aromatic rings. The minimum absolute atomic E-state index is 0.615. The standard InChI is InChI=1S/C12H15N.2C2H6/c1-9(2)10-4-5-12-11(8-10)6-7-13(12)3;2*1-2/h4-9H,1-3H3;2*1-2H3. The molecule has 0 radical (unpaired) electrons. The number of benzene rings is 1. The van der Waals surface area contributed by atoms with Gasteiger partial charge in [-0.25, -0.2) is 0 Å². The Labute approximate surface area is 106 Å². The minimum atomic E-state index is 0.615. The molecule has 1 heterocycles. The maximum Gasteiger partial charge on any atom is 0.0477 e. The van der Waals surface area contributed by atoms with Crippen LogP contribution in [-0.2, 0) is 7.05 Å². The van der Waals surface area contributed by atoms with Crippen LogP contribution >= 0.6 is 0 Å². The fourth-order valence-corrected chi connectivity index (χ4v) is 1.66. The summed E-state index contributed by atoms with van der Waals surface area (Å²) < 4.78 is 2.15. The summed E-state index contributed by atoms with van der Waals surface area (Å²) in [6.07, 6.45) is 2.11. The Balaban J connectivity index is 0.000000581. The summed E-state index contributed by atoms with van der Waals surface area (Å²) in [7, 11) is 2.08. The maximum atomic E-state index is 2.28. The van der Waals surface area contributed by atoms with E-state index in [1.54, 1.807) is 0 Å². The van der Waals surface area contributed by atoms with E-state index in [9.17, 15) is 0 Å². The van der Waals surface area contributed by atoms with Crippen molar-refractivity contribution in [2.45, 2.75) is 47.5 Å². The molecule has 0 spiro atoms. The van der Waals surface area contributed by atoms with Crippen molar-refractivity contribution in [2.75, 3.05) is 0 Å². The first kappa shape index (κ1) is 15.8. The summed E-state index contributed by atoms with van der Waals surface area (Å²) in [6, 6.07) is 8.86. The van der Waals surface area contributed by atoms with Gasteiger partial charge in [0.2, 0.25) is 0 Å². The highest BCUT2D eigenvalue weighted by Crippen LogP contribution is 2.21. The largest absolute Gasteiger partial charge is 0.351 e. The lowest BCUT2D eigenvalue weighted by Gasteiger charge is -2.05. The lowest BCUT2D eigenvalue weighted by molar-refractivity contribution is 0.868. The van der Waals surface area contributed by atoms with E-state index in [2.05, 4.69) is 55.9 Å². The number of rotatable bonds is 1. The molecule has 96 valence electrons. The second-order valence-electron chi connectivity index (χ2n) is 3.90. The number of fused-ring (bicyclic) bond motifs is 1. The molecule has 0 unspecified atom stereocenters. The van der Waals surface area contributed by atoms with Crippen molar-refractivity contribution >= 4 is 10.9 Å². The number of hydrogen-bond donors (Lipinski definition) is 0. The molecule has 0 aliphatic carbocycles. The number of aryl methyl sites for hydroxylation is 1. The average Bonchev–Trinajstić information content (AvgIpc) is 2.75. The van der Waals surface area contributed by atoms with E-state index < -0.39 is 0 Å². The molecule has 1 aromatic carbocycles. The molecule has 17 heavy (non-hydrogen) atoms. The van der Waals surface area contributed by atoms with Crippen LogP contribution in [-0.4, -0.2) is 4.57 Å². The Morgan fingerprint density at radius 2 is 1.53 bits per heavy atom. The van der Waals surface area contributed by atoms with Crippen molar-refractivity contribution in [3.63, 3.8) is 0 Å². The second-order valence-corrected chi connectivity index (χ2v) is 3.90. The van der Waals surface area contributed by atoms with Gasteiger partial charge in [0.05, 0.1) is 0 Å². The lowest BCUT2D eigenvalue weighted by Crippen LogP contribution is -1.88. The summed E-state index contributed by atoms with van der Waals surface area (Å²) in [5, 5.41) is 1.34. The molecule has 0 amide bonds. The van der Waals surface area contributed by atoms with E-state index >= 15 is 0 Å². The van der Waals surface area contributed by atoms with Crippen LogP contribution in [0.2, 0.25) is 0 Å². The van der Waals surface area contributed by atoms with Gasteiger partial charge in [0, 0.05) is 18.8 Å². The van der Waals surface area contributed by atoms with Gasteiger partial charge in [0.25, 0.3) is 0 Å². The Bertz CT molecular complexity index is 424. The molecule has 0 aliphatic rings. The minimum Gasteiger partial charge on any atom is -0.351 e. The normalized spacial score (nSPS) is 9.41. The summed E-state index contributed by atoms with van der Waals surface area (Å²) in [5.74, 6) is 0.615. The Morgan fingerprint density at radius 3 is 2.06 bits per heavy atom. The van der Waals surface area contributed by atoms with Gasteiger partial charge in [-0.1, -0.05) is 47.6 Å². The van der Waals surface area contributed by atoms with Gasteiger partial charge in [0.1, 0.15) is 0 Å². The molecule has 0 bridgehead atoms. The molecule has 0 atom stereocenters. The fourth-order valence-electron chi connectivity index (χ4n) is 1.66. The molecule has 0 saturated carbocycles. The van der Waals surface area contributed by atoms with Gasteiger partial charge < -0.3 is 4.57 Å². The van der Waals surface area contributed by atoms with E-state index in [-0.39, 0.29) is 0 Å². The summed E-state index contributed by atoms with van der Waals surface area (Å²) in [6.45, 7) is 12.5. The highest BCUT2D eigenvalue weighted by atomic mass is 14.9. The zero-order valence-corrected chi connectivity index (χ0v) is 12.4. The van der Waals surface area contributed by atoms with E-state index in [1.165, 1.54) is 16.5 Å². The first-order chi connectivity index (χ1) is 8.18.